The molecule has 1 atom stereocenters. The Morgan fingerprint density at radius 2 is 2.00 bits per heavy atom. The maximum Gasteiger partial charge on any atom is 0.343 e. The van der Waals surface area contributed by atoms with Crippen LogP contribution in [0.25, 0.3) is 0 Å². The zero-order valence-electron chi connectivity index (χ0n) is 16.1. The van der Waals surface area contributed by atoms with Gasteiger partial charge >= 0.3 is 11.9 Å². The third kappa shape index (κ3) is 6.06. The largest absolute Gasteiger partial charge is 0.497 e. The molecule has 2 N–H and O–H groups in total. The van der Waals surface area contributed by atoms with E-state index in [2.05, 4.69) is 15.5 Å². The molecule has 1 amide bonds. The normalized spacial score (nSPS) is 17.0. The number of carbonyl (C=O) groups excluding carboxylic acids is 2. The van der Waals surface area contributed by atoms with Crippen LogP contribution in [-0.4, -0.2) is 46.7 Å². The molecule has 1 saturated heterocycles. The van der Waals surface area contributed by atoms with Crippen molar-refractivity contribution in [2.24, 2.45) is 10.2 Å². The summed E-state index contributed by atoms with van der Waals surface area (Å²) in [5.41, 5.74) is 0.922. The zero-order chi connectivity index (χ0) is 22.4. The lowest BCUT2D eigenvalue weighted by atomic mass is 10.2. The fraction of sp³-hybridized carbons (Fsp3) is 0.150. The second kappa shape index (κ2) is 10.1. The molecule has 2 aromatic carbocycles. The van der Waals surface area contributed by atoms with Crippen molar-refractivity contribution >= 4 is 52.6 Å². The molecule has 0 spiro atoms. The number of hydrogen-bond acceptors (Lipinski definition) is 8. The molecule has 11 heteroatoms. The van der Waals surface area contributed by atoms with Gasteiger partial charge < -0.3 is 19.9 Å². The molecule has 1 fully saturated rings. The van der Waals surface area contributed by atoms with Crippen LogP contribution >= 0.6 is 23.4 Å². The lowest BCUT2D eigenvalue weighted by Crippen LogP contribution is -2.26. The van der Waals surface area contributed by atoms with Crippen molar-refractivity contribution < 1.29 is 29.0 Å². The minimum atomic E-state index is -1.07. The number of ether oxygens (including phenoxy) is 2. The van der Waals surface area contributed by atoms with Gasteiger partial charge in [0.2, 0.25) is 5.91 Å². The van der Waals surface area contributed by atoms with Crippen molar-refractivity contribution in [1.82, 2.24) is 5.32 Å². The molecule has 0 saturated carbocycles. The van der Waals surface area contributed by atoms with Crippen LogP contribution in [0.4, 0.5) is 0 Å². The number of aliphatic carboxylic acids is 1. The number of carbonyl (C=O) groups is 3. The number of nitrogens with one attached hydrogen (secondary N) is 1. The minimum absolute atomic E-state index is 0.182. The van der Waals surface area contributed by atoms with Crippen LogP contribution in [-0.2, 0) is 9.59 Å². The van der Waals surface area contributed by atoms with E-state index >= 15 is 0 Å². The standard InChI is InChI=1S/C20H16ClN3O6S/c1-29-13-5-3-12(4-6-13)19(28)30-15-7-2-11(8-14(15)21)10-22-24-20-23-18(27)16(31-20)9-17(25)26/h2-8,10,16H,9H2,1H3,(H,25,26)(H,23,24,27). The summed E-state index contributed by atoms with van der Waals surface area (Å²) in [6.07, 6.45) is 1.09. The maximum absolute atomic E-state index is 12.3. The van der Waals surface area contributed by atoms with Crippen LogP contribution in [0.15, 0.2) is 52.7 Å². The highest BCUT2D eigenvalue weighted by Gasteiger charge is 2.32. The van der Waals surface area contributed by atoms with Crippen molar-refractivity contribution in [1.29, 1.82) is 0 Å². The number of benzene rings is 2. The van der Waals surface area contributed by atoms with E-state index in [1.165, 1.54) is 25.5 Å². The second-order valence-electron chi connectivity index (χ2n) is 6.15. The van der Waals surface area contributed by atoms with Crippen LogP contribution in [0.3, 0.4) is 0 Å². The van der Waals surface area contributed by atoms with Gasteiger partial charge in [-0.3, -0.25) is 9.59 Å². The number of halogens is 1. The quantitative estimate of drug-likeness (QED) is 0.281. The Bertz CT molecular complexity index is 1070. The number of carboxylic acids is 1. The van der Waals surface area contributed by atoms with Gasteiger partial charge in [0.25, 0.3) is 0 Å². The van der Waals surface area contributed by atoms with Gasteiger partial charge in [-0.2, -0.15) is 5.10 Å². The average Bonchev–Trinajstić information content (AvgIpc) is 3.08. The van der Waals surface area contributed by atoms with E-state index in [0.29, 0.717) is 16.9 Å². The smallest absolute Gasteiger partial charge is 0.343 e. The Kier molecular flexibility index (Phi) is 7.27. The third-order valence-corrected chi connectivity index (χ3v) is 5.34. The van der Waals surface area contributed by atoms with Crippen molar-refractivity contribution in [3.63, 3.8) is 0 Å². The lowest BCUT2D eigenvalue weighted by Gasteiger charge is -2.07. The highest BCUT2D eigenvalue weighted by molar-refractivity contribution is 8.15. The summed E-state index contributed by atoms with van der Waals surface area (Å²) >= 11 is 7.19. The van der Waals surface area contributed by atoms with Crippen LogP contribution < -0.4 is 14.8 Å². The molecule has 1 aliphatic heterocycles. The average molecular weight is 462 g/mol. The van der Waals surface area contributed by atoms with Gasteiger partial charge in [0.1, 0.15) is 16.7 Å². The second-order valence-corrected chi connectivity index (χ2v) is 7.75. The van der Waals surface area contributed by atoms with E-state index in [0.717, 1.165) is 11.8 Å². The summed E-state index contributed by atoms with van der Waals surface area (Å²) in [6.45, 7) is 0. The number of nitrogens with zero attached hydrogens (tertiary/aromatic N) is 2. The summed E-state index contributed by atoms with van der Waals surface area (Å²) < 4.78 is 10.4. The van der Waals surface area contributed by atoms with Crippen molar-refractivity contribution in [3.8, 4) is 11.5 Å². The Morgan fingerprint density at radius 1 is 1.26 bits per heavy atom. The highest BCUT2D eigenvalue weighted by atomic mass is 35.5. The molecule has 0 aromatic heterocycles. The molecule has 0 aliphatic carbocycles. The van der Waals surface area contributed by atoms with Gasteiger partial charge in [0.05, 0.1) is 30.3 Å². The van der Waals surface area contributed by atoms with Gasteiger partial charge in [-0.15, -0.1) is 5.10 Å². The van der Waals surface area contributed by atoms with E-state index in [1.807, 2.05) is 0 Å². The number of amidine groups is 1. The summed E-state index contributed by atoms with van der Waals surface area (Å²) in [4.78, 5) is 34.6. The molecule has 0 radical (unpaired) electrons. The highest BCUT2D eigenvalue weighted by Crippen LogP contribution is 2.26. The SMILES string of the molecule is COc1ccc(C(=O)Oc2ccc(C=N/N=C3/NC(=O)C(CC(=O)O)S3)cc2Cl)cc1. The third-order valence-electron chi connectivity index (χ3n) is 3.98. The number of hydrogen-bond donors (Lipinski definition) is 2. The number of rotatable bonds is 7. The number of esters is 1. The van der Waals surface area contributed by atoms with Gasteiger partial charge in [0, 0.05) is 0 Å². The van der Waals surface area contributed by atoms with E-state index in [-0.39, 0.29) is 22.4 Å². The Hall–Kier alpha value is -3.37. The molecule has 2 aromatic rings. The fourth-order valence-corrected chi connectivity index (χ4v) is 3.60. The molecule has 9 nitrogen and oxygen atoms in total. The monoisotopic (exact) mass is 461 g/mol. The van der Waals surface area contributed by atoms with E-state index in [1.54, 1.807) is 30.3 Å². The van der Waals surface area contributed by atoms with Crippen molar-refractivity contribution in [3.05, 3.63) is 58.6 Å². The van der Waals surface area contributed by atoms with Gasteiger partial charge in [-0.05, 0) is 48.0 Å². The van der Waals surface area contributed by atoms with Crippen LogP contribution in [0.1, 0.15) is 22.3 Å². The lowest BCUT2D eigenvalue weighted by molar-refractivity contribution is -0.138. The summed E-state index contributed by atoms with van der Waals surface area (Å²) in [5.74, 6) is -1.26. The molecular weight excluding hydrogens is 446 g/mol. The summed E-state index contributed by atoms with van der Waals surface area (Å²) in [7, 11) is 1.53. The zero-order valence-corrected chi connectivity index (χ0v) is 17.6. The molecule has 31 heavy (non-hydrogen) atoms. The van der Waals surface area contributed by atoms with E-state index in [4.69, 9.17) is 26.2 Å². The van der Waals surface area contributed by atoms with Crippen LogP contribution in [0, 0.1) is 0 Å². The van der Waals surface area contributed by atoms with E-state index < -0.39 is 23.1 Å². The number of carboxylic acid groups (broad SMARTS) is 1. The Morgan fingerprint density at radius 3 is 2.65 bits per heavy atom. The molecule has 1 unspecified atom stereocenters. The predicted molar refractivity (Wildman–Crippen MR) is 116 cm³/mol. The first kappa shape index (κ1) is 22.3. The van der Waals surface area contributed by atoms with Gasteiger partial charge in [0.15, 0.2) is 5.17 Å². The first-order valence-corrected chi connectivity index (χ1v) is 10.1. The predicted octanol–water partition coefficient (Wildman–Crippen LogP) is 2.96. The molecule has 1 heterocycles. The van der Waals surface area contributed by atoms with Crippen LogP contribution in [0.5, 0.6) is 11.5 Å². The Labute approximate surface area is 186 Å². The minimum Gasteiger partial charge on any atom is -0.497 e. The van der Waals surface area contributed by atoms with Crippen LogP contribution in [0.2, 0.25) is 5.02 Å². The van der Waals surface area contributed by atoms with E-state index in [9.17, 15) is 14.4 Å². The summed E-state index contributed by atoms with van der Waals surface area (Å²) in [5, 5.41) is 18.7. The molecular formula is C20H16ClN3O6S. The number of methoxy groups -OCH3 is 1. The topological polar surface area (TPSA) is 127 Å². The number of amides is 1. The molecule has 3 rings (SSSR count). The molecule has 1 aliphatic rings. The Balaban J connectivity index is 1.62. The number of thioether (sulfide) groups is 1. The van der Waals surface area contributed by atoms with Gasteiger partial charge in [-0.25, -0.2) is 4.79 Å². The fourth-order valence-electron chi connectivity index (χ4n) is 2.46. The molecule has 160 valence electrons. The van der Waals surface area contributed by atoms with Gasteiger partial charge in [-0.1, -0.05) is 23.4 Å². The molecule has 0 bridgehead atoms. The first-order valence-electron chi connectivity index (χ1n) is 8.82. The maximum atomic E-state index is 12.3. The summed E-state index contributed by atoms with van der Waals surface area (Å²) in [6, 6.07) is 11.1. The first-order chi connectivity index (χ1) is 14.9. The van der Waals surface area contributed by atoms with Crippen molar-refractivity contribution in [2.75, 3.05) is 7.11 Å². The van der Waals surface area contributed by atoms with Crippen molar-refractivity contribution in [2.45, 2.75) is 11.7 Å².